The lowest BCUT2D eigenvalue weighted by molar-refractivity contribution is 0.450. The molecule has 0 unspecified atom stereocenters. The Morgan fingerprint density at radius 3 is 2.64 bits per heavy atom. The molecule has 1 N–H and O–H groups in total. The molecule has 14 heavy (non-hydrogen) atoms. The van der Waals surface area contributed by atoms with Crippen molar-refractivity contribution in [3.05, 3.63) is 28.0 Å². The average molecular weight is 256 g/mol. The van der Waals surface area contributed by atoms with Crippen molar-refractivity contribution in [3.8, 4) is 11.8 Å². The van der Waals surface area contributed by atoms with Gasteiger partial charge in [-0.3, -0.25) is 0 Å². The number of nitriles is 1. The molecule has 1 aliphatic rings. The van der Waals surface area contributed by atoms with E-state index in [0.29, 0.717) is 17.3 Å². The molecule has 2 nitrogen and oxygen atoms in total. The third-order valence-electron chi connectivity index (χ3n) is 2.52. The third-order valence-corrected chi connectivity index (χ3v) is 3.16. The summed E-state index contributed by atoms with van der Waals surface area (Å²) in [6.45, 7) is 0. The predicted octanol–water partition coefficient (Wildman–Crippen LogP) is 2.85. The summed E-state index contributed by atoms with van der Waals surface area (Å²) in [5.74, 6) is -0.659. The lowest BCUT2D eigenvalue weighted by atomic mass is 9.96. The van der Waals surface area contributed by atoms with Crippen LogP contribution in [0.3, 0.4) is 0 Å². The third kappa shape index (κ3) is 1.20. The molecule has 1 fully saturated rings. The normalized spacial score (nSPS) is 17.5. The van der Waals surface area contributed by atoms with E-state index in [4.69, 9.17) is 5.26 Å². The quantitative estimate of drug-likeness (QED) is 0.839. The van der Waals surface area contributed by atoms with Gasteiger partial charge in [0.2, 0.25) is 0 Å². The molecule has 1 aromatic rings. The maximum Gasteiger partial charge on any atom is 0.137 e. The Balaban J connectivity index is 2.64. The molecule has 0 saturated heterocycles. The number of nitrogens with zero attached hydrogens (tertiary/aromatic N) is 1. The number of hydrogen-bond acceptors (Lipinski definition) is 2. The number of benzene rings is 1. The van der Waals surface area contributed by atoms with Crippen LogP contribution in [0.5, 0.6) is 5.75 Å². The van der Waals surface area contributed by atoms with Crippen molar-refractivity contribution in [1.29, 1.82) is 5.26 Å². The lowest BCUT2D eigenvalue weighted by Crippen LogP contribution is -2.06. The molecule has 0 radical (unpaired) electrons. The number of hydrogen-bond donors (Lipinski definition) is 1. The zero-order chi connectivity index (χ0) is 10.3. The summed E-state index contributed by atoms with van der Waals surface area (Å²) in [4.78, 5) is 0. The van der Waals surface area contributed by atoms with Crippen molar-refractivity contribution in [3.63, 3.8) is 0 Å². The van der Waals surface area contributed by atoms with E-state index in [2.05, 4.69) is 22.0 Å². The molecule has 72 valence electrons. The van der Waals surface area contributed by atoms with Crippen LogP contribution in [-0.4, -0.2) is 5.11 Å². The first-order valence-electron chi connectivity index (χ1n) is 4.19. The van der Waals surface area contributed by atoms with Crippen LogP contribution in [0.2, 0.25) is 0 Å². The van der Waals surface area contributed by atoms with Gasteiger partial charge in [0.25, 0.3) is 0 Å². The molecule has 0 amide bonds. The van der Waals surface area contributed by atoms with E-state index in [9.17, 15) is 9.50 Å². The van der Waals surface area contributed by atoms with Crippen molar-refractivity contribution in [2.75, 3.05) is 0 Å². The maximum absolute atomic E-state index is 13.4. The number of phenols is 1. The summed E-state index contributed by atoms with van der Waals surface area (Å²) in [5.41, 5.74) is -0.660. The molecule has 1 aliphatic carbocycles. The van der Waals surface area contributed by atoms with Crippen LogP contribution in [0.15, 0.2) is 16.6 Å². The molecule has 1 saturated carbocycles. The topological polar surface area (TPSA) is 44.0 Å². The summed E-state index contributed by atoms with van der Waals surface area (Å²) in [5, 5.41) is 18.6. The van der Waals surface area contributed by atoms with Gasteiger partial charge in [0.15, 0.2) is 0 Å². The smallest absolute Gasteiger partial charge is 0.137 e. The van der Waals surface area contributed by atoms with E-state index in [0.717, 1.165) is 0 Å². The van der Waals surface area contributed by atoms with E-state index < -0.39 is 11.2 Å². The molecule has 0 aromatic heterocycles. The highest BCUT2D eigenvalue weighted by atomic mass is 79.9. The molecular weight excluding hydrogens is 249 g/mol. The summed E-state index contributed by atoms with van der Waals surface area (Å²) in [7, 11) is 0. The van der Waals surface area contributed by atoms with Crippen molar-refractivity contribution >= 4 is 15.9 Å². The minimum Gasteiger partial charge on any atom is -0.506 e. The van der Waals surface area contributed by atoms with Crippen molar-refractivity contribution < 1.29 is 9.50 Å². The zero-order valence-electron chi connectivity index (χ0n) is 7.22. The van der Waals surface area contributed by atoms with Gasteiger partial charge < -0.3 is 5.11 Å². The highest BCUT2D eigenvalue weighted by Crippen LogP contribution is 2.52. The van der Waals surface area contributed by atoms with Crippen LogP contribution in [0.25, 0.3) is 0 Å². The molecular formula is C10H7BrFNO. The van der Waals surface area contributed by atoms with Crippen LogP contribution in [-0.2, 0) is 5.41 Å². The van der Waals surface area contributed by atoms with Gasteiger partial charge in [-0.15, -0.1) is 0 Å². The summed E-state index contributed by atoms with van der Waals surface area (Å²) in [6, 6.07) is 4.75. The Morgan fingerprint density at radius 2 is 2.14 bits per heavy atom. The van der Waals surface area contributed by atoms with Crippen LogP contribution in [0.1, 0.15) is 18.4 Å². The Morgan fingerprint density at radius 1 is 1.50 bits per heavy atom. The van der Waals surface area contributed by atoms with Crippen molar-refractivity contribution in [2.45, 2.75) is 18.3 Å². The molecule has 0 atom stereocenters. The SMILES string of the molecule is N#CC1(c2c(F)ccc(Br)c2O)CC1. The first-order chi connectivity index (χ1) is 6.60. The molecule has 0 spiro atoms. The van der Waals surface area contributed by atoms with Crippen LogP contribution >= 0.6 is 15.9 Å². The van der Waals surface area contributed by atoms with Crippen LogP contribution < -0.4 is 0 Å². The lowest BCUT2D eigenvalue weighted by Gasteiger charge is -2.11. The first-order valence-corrected chi connectivity index (χ1v) is 4.99. The fraction of sp³-hybridized carbons (Fsp3) is 0.300. The zero-order valence-corrected chi connectivity index (χ0v) is 8.81. The van der Waals surface area contributed by atoms with E-state index in [1.807, 2.05) is 0 Å². The summed E-state index contributed by atoms with van der Waals surface area (Å²) in [6.07, 6.45) is 1.23. The van der Waals surface area contributed by atoms with Gasteiger partial charge in [-0.2, -0.15) is 5.26 Å². The predicted molar refractivity (Wildman–Crippen MR) is 52.3 cm³/mol. The summed E-state index contributed by atoms with van der Waals surface area (Å²) >= 11 is 3.10. The Labute approximate surface area is 89.1 Å². The second-order valence-corrected chi connectivity index (χ2v) is 4.30. The van der Waals surface area contributed by atoms with E-state index >= 15 is 0 Å². The van der Waals surface area contributed by atoms with Gasteiger partial charge in [-0.1, -0.05) is 0 Å². The summed E-state index contributed by atoms with van der Waals surface area (Å²) < 4.78 is 13.8. The number of phenolic OH excluding ortho intramolecular Hbond substituents is 1. The number of halogens is 2. The average Bonchev–Trinajstić information content (AvgIpc) is 2.93. The second-order valence-electron chi connectivity index (χ2n) is 3.45. The Kier molecular flexibility index (Phi) is 2.00. The Bertz CT molecular complexity index is 434. The first kappa shape index (κ1) is 9.47. The van der Waals surface area contributed by atoms with Crippen LogP contribution in [0, 0.1) is 17.1 Å². The fourth-order valence-electron chi connectivity index (χ4n) is 1.54. The standard InChI is InChI=1S/C10H7BrFNO/c11-6-1-2-7(12)8(9(6)14)10(5-13)3-4-10/h1-2,14H,3-4H2. The van der Waals surface area contributed by atoms with E-state index in [1.54, 1.807) is 0 Å². The molecule has 1 aromatic carbocycles. The molecule has 2 rings (SSSR count). The molecule has 0 heterocycles. The van der Waals surface area contributed by atoms with Gasteiger partial charge >= 0.3 is 0 Å². The van der Waals surface area contributed by atoms with Gasteiger partial charge in [-0.25, -0.2) is 4.39 Å². The highest BCUT2D eigenvalue weighted by Gasteiger charge is 2.48. The van der Waals surface area contributed by atoms with Gasteiger partial charge in [-0.05, 0) is 40.9 Å². The highest BCUT2D eigenvalue weighted by molar-refractivity contribution is 9.10. The maximum atomic E-state index is 13.4. The van der Waals surface area contributed by atoms with Crippen molar-refractivity contribution in [2.24, 2.45) is 0 Å². The van der Waals surface area contributed by atoms with Gasteiger partial charge in [0, 0.05) is 0 Å². The monoisotopic (exact) mass is 255 g/mol. The second kappa shape index (κ2) is 2.96. The largest absolute Gasteiger partial charge is 0.506 e. The minimum absolute atomic E-state index is 0.134. The molecule has 0 aliphatic heterocycles. The van der Waals surface area contributed by atoms with E-state index in [-0.39, 0.29) is 11.3 Å². The number of aromatic hydroxyl groups is 1. The number of rotatable bonds is 1. The van der Waals surface area contributed by atoms with Gasteiger partial charge in [0.1, 0.15) is 11.6 Å². The van der Waals surface area contributed by atoms with Crippen LogP contribution in [0.4, 0.5) is 4.39 Å². The molecule has 0 bridgehead atoms. The van der Waals surface area contributed by atoms with E-state index in [1.165, 1.54) is 12.1 Å². The molecule has 4 heteroatoms. The minimum atomic E-state index is -0.794. The van der Waals surface area contributed by atoms with Crippen molar-refractivity contribution in [1.82, 2.24) is 0 Å². The fourth-order valence-corrected chi connectivity index (χ4v) is 1.87. The van der Waals surface area contributed by atoms with Gasteiger partial charge in [0.05, 0.1) is 21.5 Å². The Hall–Kier alpha value is -1.08.